The van der Waals surface area contributed by atoms with E-state index in [-0.39, 0.29) is 0 Å². The van der Waals surface area contributed by atoms with E-state index in [1.807, 2.05) is 18.2 Å². The Bertz CT molecular complexity index is 577. The number of hydrogen-bond acceptors (Lipinski definition) is 2. The van der Waals surface area contributed by atoms with Gasteiger partial charge in [-0.15, -0.1) is 0 Å². The average Bonchev–Trinajstić information content (AvgIpc) is 3.00. The second-order valence-electron chi connectivity index (χ2n) is 5.23. The highest BCUT2D eigenvalue weighted by atomic mass is 35.5. The third-order valence-electron chi connectivity index (χ3n) is 3.70. The SMILES string of the molecule is Clc1cccc(CNc2cccc(N3CCCC3)c2)c1. The van der Waals surface area contributed by atoms with Gasteiger partial charge >= 0.3 is 0 Å². The molecule has 1 aliphatic rings. The molecule has 1 fully saturated rings. The van der Waals surface area contributed by atoms with Gasteiger partial charge in [-0.3, -0.25) is 0 Å². The van der Waals surface area contributed by atoms with Gasteiger partial charge in [-0.2, -0.15) is 0 Å². The summed E-state index contributed by atoms with van der Waals surface area (Å²) in [6.07, 6.45) is 2.61. The van der Waals surface area contributed by atoms with Crippen LogP contribution in [0, 0.1) is 0 Å². The highest BCUT2D eigenvalue weighted by Crippen LogP contribution is 2.23. The van der Waals surface area contributed by atoms with Crippen molar-refractivity contribution in [3.8, 4) is 0 Å². The minimum Gasteiger partial charge on any atom is -0.381 e. The van der Waals surface area contributed by atoms with Gasteiger partial charge in [-0.1, -0.05) is 29.8 Å². The molecule has 2 aromatic carbocycles. The van der Waals surface area contributed by atoms with Gasteiger partial charge in [-0.05, 0) is 48.7 Å². The normalized spacial score (nSPS) is 14.6. The summed E-state index contributed by atoms with van der Waals surface area (Å²) in [6, 6.07) is 16.6. The van der Waals surface area contributed by atoms with E-state index in [1.165, 1.54) is 37.2 Å². The zero-order chi connectivity index (χ0) is 13.8. The molecule has 3 rings (SSSR count). The van der Waals surface area contributed by atoms with Gasteiger partial charge < -0.3 is 10.2 Å². The summed E-state index contributed by atoms with van der Waals surface area (Å²) >= 11 is 6.00. The lowest BCUT2D eigenvalue weighted by atomic mass is 10.2. The summed E-state index contributed by atoms with van der Waals surface area (Å²) in [5, 5.41) is 4.25. The minimum atomic E-state index is 0.787. The van der Waals surface area contributed by atoms with E-state index in [0.717, 1.165) is 17.3 Å². The molecule has 1 aliphatic heterocycles. The number of rotatable bonds is 4. The third kappa shape index (κ3) is 3.26. The Kier molecular flexibility index (Phi) is 4.12. The van der Waals surface area contributed by atoms with Crippen LogP contribution in [0.5, 0.6) is 0 Å². The molecule has 0 amide bonds. The van der Waals surface area contributed by atoms with Gasteiger partial charge in [0.1, 0.15) is 0 Å². The summed E-state index contributed by atoms with van der Waals surface area (Å²) in [6.45, 7) is 3.15. The Balaban J connectivity index is 1.66. The predicted octanol–water partition coefficient (Wildman–Crippen LogP) is 4.55. The summed E-state index contributed by atoms with van der Waals surface area (Å²) in [5.41, 5.74) is 3.68. The molecule has 0 aromatic heterocycles. The fourth-order valence-corrected chi connectivity index (χ4v) is 2.85. The lowest BCUT2D eigenvalue weighted by Crippen LogP contribution is -2.17. The second kappa shape index (κ2) is 6.19. The van der Waals surface area contributed by atoms with Crippen LogP contribution in [0.2, 0.25) is 5.02 Å². The first-order valence-electron chi connectivity index (χ1n) is 7.14. The number of benzene rings is 2. The fourth-order valence-electron chi connectivity index (χ4n) is 2.64. The second-order valence-corrected chi connectivity index (χ2v) is 5.66. The molecule has 3 heteroatoms. The number of nitrogens with one attached hydrogen (secondary N) is 1. The first-order chi connectivity index (χ1) is 9.81. The van der Waals surface area contributed by atoms with E-state index in [4.69, 9.17) is 11.6 Å². The van der Waals surface area contributed by atoms with Crippen molar-refractivity contribution >= 4 is 23.0 Å². The van der Waals surface area contributed by atoms with Crippen molar-refractivity contribution in [1.29, 1.82) is 0 Å². The van der Waals surface area contributed by atoms with Crippen molar-refractivity contribution in [2.45, 2.75) is 19.4 Å². The Morgan fingerprint density at radius 1 is 1.00 bits per heavy atom. The van der Waals surface area contributed by atoms with Crippen LogP contribution < -0.4 is 10.2 Å². The standard InChI is InChI=1S/C17H19ClN2/c18-15-6-3-5-14(11-15)13-19-16-7-4-8-17(12-16)20-9-1-2-10-20/h3-8,11-12,19H,1-2,9-10,13H2. The van der Waals surface area contributed by atoms with Gasteiger partial charge in [0.05, 0.1) is 0 Å². The van der Waals surface area contributed by atoms with Crippen LogP contribution in [0.3, 0.4) is 0 Å². The van der Waals surface area contributed by atoms with E-state index in [1.54, 1.807) is 0 Å². The number of halogens is 1. The van der Waals surface area contributed by atoms with Gasteiger partial charge in [0, 0.05) is 36.0 Å². The molecule has 2 aromatic rings. The maximum atomic E-state index is 6.00. The molecule has 104 valence electrons. The molecule has 0 aliphatic carbocycles. The maximum Gasteiger partial charge on any atom is 0.0409 e. The molecule has 1 heterocycles. The van der Waals surface area contributed by atoms with E-state index in [2.05, 4.69) is 40.5 Å². The van der Waals surface area contributed by atoms with Crippen molar-refractivity contribution in [2.24, 2.45) is 0 Å². The van der Waals surface area contributed by atoms with Crippen molar-refractivity contribution in [3.63, 3.8) is 0 Å². The van der Waals surface area contributed by atoms with Gasteiger partial charge in [-0.25, -0.2) is 0 Å². The first-order valence-corrected chi connectivity index (χ1v) is 7.52. The molecule has 0 bridgehead atoms. The average molecular weight is 287 g/mol. The molecule has 1 saturated heterocycles. The monoisotopic (exact) mass is 286 g/mol. The Morgan fingerprint density at radius 2 is 1.80 bits per heavy atom. The Morgan fingerprint density at radius 3 is 2.60 bits per heavy atom. The molecule has 0 radical (unpaired) electrons. The molecule has 0 unspecified atom stereocenters. The van der Waals surface area contributed by atoms with Crippen LogP contribution in [0.15, 0.2) is 48.5 Å². The summed E-state index contributed by atoms with van der Waals surface area (Å²) in [5.74, 6) is 0. The third-order valence-corrected chi connectivity index (χ3v) is 3.94. The molecule has 0 spiro atoms. The van der Waals surface area contributed by atoms with Crippen molar-refractivity contribution in [3.05, 3.63) is 59.1 Å². The Labute approximate surface area is 125 Å². The van der Waals surface area contributed by atoms with Crippen LogP contribution >= 0.6 is 11.6 Å². The largest absolute Gasteiger partial charge is 0.381 e. The number of anilines is 2. The molecule has 2 nitrogen and oxygen atoms in total. The minimum absolute atomic E-state index is 0.787. The molecular formula is C17H19ClN2. The first kappa shape index (κ1) is 13.3. The molecule has 1 N–H and O–H groups in total. The smallest absolute Gasteiger partial charge is 0.0409 e. The highest BCUT2D eigenvalue weighted by Gasteiger charge is 2.12. The van der Waals surface area contributed by atoms with Crippen molar-refractivity contribution in [2.75, 3.05) is 23.3 Å². The quantitative estimate of drug-likeness (QED) is 0.887. The zero-order valence-corrected chi connectivity index (χ0v) is 12.2. The topological polar surface area (TPSA) is 15.3 Å². The van der Waals surface area contributed by atoms with Crippen molar-refractivity contribution in [1.82, 2.24) is 0 Å². The van der Waals surface area contributed by atoms with Crippen molar-refractivity contribution < 1.29 is 0 Å². The van der Waals surface area contributed by atoms with Crippen LogP contribution in [0.4, 0.5) is 11.4 Å². The van der Waals surface area contributed by atoms with E-state index >= 15 is 0 Å². The molecule has 0 saturated carbocycles. The summed E-state index contributed by atoms with van der Waals surface area (Å²) in [4.78, 5) is 2.45. The number of hydrogen-bond donors (Lipinski definition) is 1. The summed E-state index contributed by atoms with van der Waals surface area (Å²) in [7, 11) is 0. The summed E-state index contributed by atoms with van der Waals surface area (Å²) < 4.78 is 0. The maximum absolute atomic E-state index is 6.00. The Hall–Kier alpha value is -1.67. The van der Waals surface area contributed by atoms with E-state index < -0.39 is 0 Å². The number of nitrogens with zero attached hydrogens (tertiary/aromatic N) is 1. The molecule has 20 heavy (non-hydrogen) atoms. The van der Waals surface area contributed by atoms with Gasteiger partial charge in [0.25, 0.3) is 0 Å². The van der Waals surface area contributed by atoms with Crippen LogP contribution in [0.1, 0.15) is 18.4 Å². The lowest BCUT2D eigenvalue weighted by molar-refractivity contribution is 0.949. The zero-order valence-electron chi connectivity index (χ0n) is 11.5. The van der Waals surface area contributed by atoms with Gasteiger partial charge in [0.15, 0.2) is 0 Å². The lowest BCUT2D eigenvalue weighted by Gasteiger charge is -2.18. The van der Waals surface area contributed by atoms with Crippen LogP contribution in [0.25, 0.3) is 0 Å². The fraction of sp³-hybridized carbons (Fsp3) is 0.294. The highest BCUT2D eigenvalue weighted by molar-refractivity contribution is 6.30. The predicted molar refractivity (Wildman–Crippen MR) is 86.7 cm³/mol. The van der Waals surface area contributed by atoms with Crippen LogP contribution in [-0.4, -0.2) is 13.1 Å². The van der Waals surface area contributed by atoms with E-state index in [9.17, 15) is 0 Å². The molecular weight excluding hydrogens is 268 g/mol. The van der Waals surface area contributed by atoms with E-state index in [0.29, 0.717) is 0 Å². The molecule has 0 atom stereocenters. The van der Waals surface area contributed by atoms with Crippen LogP contribution in [-0.2, 0) is 6.54 Å². The van der Waals surface area contributed by atoms with Gasteiger partial charge in [0.2, 0.25) is 0 Å².